The van der Waals surface area contributed by atoms with Gasteiger partial charge in [0.25, 0.3) is 0 Å². The van der Waals surface area contributed by atoms with Gasteiger partial charge in [-0.25, -0.2) is 4.98 Å². The lowest BCUT2D eigenvalue weighted by Gasteiger charge is -2.21. The molecule has 1 aliphatic carbocycles. The Morgan fingerprint density at radius 2 is 1.96 bits per heavy atom. The standard InChI is InChI=1S/C20H33ClN4O/c1-22-20(24-14-12-17-10-11-19(21)25-16-17)23-13-6-3-7-15-26-18-8-4-2-5-9-18/h10-11,16,18H,2-9,12-15H2,1H3,(H2,22,23,24). The van der Waals surface area contributed by atoms with E-state index in [1.54, 1.807) is 7.05 Å². The van der Waals surface area contributed by atoms with Crippen LogP contribution in [-0.2, 0) is 11.2 Å². The summed E-state index contributed by atoms with van der Waals surface area (Å²) in [5, 5.41) is 7.23. The van der Waals surface area contributed by atoms with Gasteiger partial charge in [0.15, 0.2) is 5.96 Å². The van der Waals surface area contributed by atoms with Crippen LogP contribution in [0.4, 0.5) is 0 Å². The second kappa shape index (κ2) is 12.9. The zero-order valence-electron chi connectivity index (χ0n) is 16.0. The SMILES string of the molecule is CN=C(NCCCCCOC1CCCCC1)NCCc1ccc(Cl)nc1. The Labute approximate surface area is 163 Å². The van der Waals surface area contributed by atoms with Crippen molar-refractivity contribution in [2.45, 2.75) is 63.9 Å². The van der Waals surface area contributed by atoms with E-state index < -0.39 is 0 Å². The van der Waals surface area contributed by atoms with Crippen molar-refractivity contribution in [2.24, 2.45) is 4.99 Å². The van der Waals surface area contributed by atoms with E-state index in [0.717, 1.165) is 50.5 Å². The number of hydrogen-bond donors (Lipinski definition) is 2. The van der Waals surface area contributed by atoms with Gasteiger partial charge in [0, 0.05) is 32.9 Å². The van der Waals surface area contributed by atoms with E-state index in [2.05, 4.69) is 20.6 Å². The topological polar surface area (TPSA) is 58.5 Å². The molecule has 0 aliphatic heterocycles. The fraction of sp³-hybridized carbons (Fsp3) is 0.700. The van der Waals surface area contributed by atoms with Crippen molar-refractivity contribution in [1.82, 2.24) is 15.6 Å². The maximum absolute atomic E-state index is 5.96. The van der Waals surface area contributed by atoms with Crippen LogP contribution in [0.1, 0.15) is 56.9 Å². The van der Waals surface area contributed by atoms with Crippen molar-refractivity contribution in [3.8, 4) is 0 Å². The summed E-state index contributed by atoms with van der Waals surface area (Å²) in [5.41, 5.74) is 1.16. The molecule has 2 rings (SSSR count). The summed E-state index contributed by atoms with van der Waals surface area (Å²) in [4.78, 5) is 8.35. The highest BCUT2D eigenvalue weighted by Crippen LogP contribution is 2.20. The molecule has 0 atom stereocenters. The monoisotopic (exact) mass is 380 g/mol. The molecule has 0 amide bonds. The number of guanidine groups is 1. The maximum Gasteiger partial charge on any atom is 0.190 e. The second-order valence-corrected chi connectivity index (χ2v) is 7.24. The number of pyridine rings is 1. The van der Waals surface area contributed by atoms with Gasteiger partial charge in [-0.1, -0.05) is 36.9 Å². The third kappa shape index (κ3) is 8.86. The van der Waals surface area contributed by atoms with Crippen LogP contribution < -0.4 is 10.6 Å². The average Bonchev–Trinajstić information content (AvgIpc) is 2.68. The maximum atomic E-state index is 5.96. The van der Waals surface area contributed by atoms with Crippen molar-refractivity contribution in [3.63, 3.8) is 0 Å². The molecule has 1 fully saturated rings. The summed E-state index contributed by atoms with van der Waals surface area (Å²) in [6, 6.07) is 3.82. The number of nitrogens with one attached hydrogen (secondary N) is 2. The normalized spacial score (nSPS) is 15.8. The lowest BCUT2D eigenvalue weighted by Crippen LogP contribution is -2.38. The quantitative estimate of drug-likeness (QED) is 0.279. The molecule has 1 saturated carbocycles. The van der Waals surface area contributed by atoms with Gasteiger partial charge in [-0.2, -0.15) is 0 Å². The van der Waals surface area contributed by atoms with Gasteiger partial charge in [-0.3, -0.25) is 4.99 Å². The highest BCUT2D eigenvalue weighted by atomic mass is 35.5. The minimum Gasteiger partial charge on any atom is -0.378 e. The number of unbranched alkanes of at least 4 members (excludes halogenated alkanes) is 2. The second-order valence-electron chi connectivity index (χ2n) is 6.86. The van der Waals surface area contributed by atoms with Gasteiger partial charge in [0.05, 0.1) is 6.10 Å². The number of rotatable bonds is 10. The molecule has 0 spiro atoms. The van der Waals surface area contributed by atoms with Crippen LogP contribution in [0.15, 0.2) is 23.3 Å². The van der Waals surface area contributed by atoms with Gasteiger partial charge >= 0.3 is 0 Å². The first-order chi connectivity index (χ1) is 12.8. The smallest absolute Gasteiger partial charge is 0.190 e. The summed E-state index contributed by atoms with van der Waals surface area (Å²) in [6.07, 6.45) is 13.3. The molecule has 0 aromatic carbocycles. The van der Waals surface area contributed by atoms with Crippen molar-refractivity contribution < 1.29 is 4.74 Å². The van der Waals surface area contributed by atoms with E-state index >= 15 is 0 Å². The zero-order valence-corrected chi connectivity index (χ0v) is 16.7. The molecular weight excluding hydrogens is 348 g/mol. The summed E-state index contributed by atoms with van der Waals surface area (Å²) in [7, 11) is 1.80. The molecule has 1 aliphatic rings. The lowest BCUT2D eigenvalue weighted by atomic mass is 9.98. The predicted octanol–water partition coefficient (Wildman–Crippen LogP) is 3.96. The molecule has 146 valence electrons. The van der Waals surface area contributed by atoms with Crippen LogP contribution >= 0.6 is 11.6 Å². The van der Waals surface area contributed by atoms with Crippen LogP contribution in [0.5, 0.6) is 0 Å². The van der Waals surface area contributed by atoms with Crippen molar-refractivity contribution in [3.05, 3.63) is 29.0 Å². The van der Waals surface area contributed by atoms with E-state index in [0.29, 0.717) is 11.3 Å². The Kier molecular flexibility index (Phi) is 10.4. The molecule has 0 radical (unpaired) electrons. The highest BCUT2D eigenvalue weighted by molar-refractivity contribution is 6.29. The molecule has 5 nitrogen and oxygen atoms in total. The van der Waals surface area contributed by atoms with Crippen molar-refractivity contribution in [1.29, 1.82) is 0 Å². The van der Waals surface area contributed by atoms with Crippen LogP contribution in [0, 0.1) is 0 Å². The lowest BCUT2D eigenvalue weighted by molar-refractivity contribution is 0.0264. The van der Waals surface area contributed by atoms with E-state index in [1.807, 2.05) is 18.3 Å². The Balaban J connectivity index is 1.46. The third-order valence-corrected chi connectivity index (χ3v) is 4.96. The number of nitrogens with zero attached hydrogens (tertiary/aromatic N) is 2. The predicted molar refractivity (Wildman–Crippen MR) is 109 cm³/mol. The van der Waals surface area contributed by atoms with Gasteiger partial charge in [-0.15, -0.1) is 0 Å². The van der Waals surface area contributed by atoms with E-state index in [9.17, 15) is 0 Å². The molecule has 6 heteroatoms. The number of aromatic nitrogens is 1. The first kappa shape index (κ1) is 21.0. The number of halogens is 1. The molecule has 0 unspecified atom stereocenters. The Morgan fingerprint density at radius 1 is 1.15 bits per heavy atom. The molecule has 1 heterocycles. The van der Waals surface area contributed by atoms with Crippen LogP contribution in [-0.4, -0.2) is 43.8 Å². The molecule has 1 aromatic heterocycles. The van der Waals surface area contributed by atoms with E-state index in [4.69, 9.17) is 16.3 Å². The van der Waals surface area contributed by atoms with Gasteiger partial charge in [-0.05, 0) is 50.2 Å². The number of aliphatic imine (C=N–C) groups is 1. The fourth-order valence-electron chi connectivity index (χ4n) is 3.19. The van der Waals surface area contributed by atoms with E-state index in [1.165, 1.54) is 38.5 Å². The zero-order chi connectivity index (χ0) is 18.5. The first-order valence-corrected chi connectivity index (χ1v) is 10.3. The Bertz CT molecular complexity index is 515. The van der Waals surface area contributed by atoms with Crippen molar-refractivity contribution in [2.75, 3.05) is 26.7 Å². The van der Waals surface area contributed by atoms with Crippen LogP contribution in [0.2, 0.25) is 5.15 Å². The fourth-order valence-corrected chi connectivity index (χ4v) is 3.30. The first-order valence-electron chi connectivity index (χ1n) is 9.94. The Hall–Kier alpha value is -1.33. The molecule has 0 saturated heterocycles. The molecule has 2 N–H and O–H groups in total. The van der Waals surface area contributed by atoms with E-state index in [-0.39, 0.29) is 0 Å². The van der Waals surface area contributed by atoms with Crippen molar-refractivity contribution >= 4 is 17.6 Å². The summed E-state index contributed by atoms with van der Waals surface area (Å²) in [5.74, 6) is 0.852. The third-order valence-electron chi connectivity index (χ3n) is 4.74. The highest BCUT2D eigenvalue weighted by Gasteiger charge is 2.12. The number of ether oxygens (including phenoxy) is 1. The number of hydrogen-bond acceptors (Lipinski definition) is 3. The molecule has 0 bridgehead atoms. The summed E-state index contributed by atoms with van der Waals surface area (Å²) < 4.78 is 5.96. The van der Waals surface area contributed by atoms with Gasteiger partial charge < -0.3 is 15.4 Å². The summed E-state index contributed by atoms with van der Waals surface area (Å²) in [6.45, 7) is 2.66. The van der Waals surface area contributed by atoms with Crippen LogP contribution in [0.25, 0.3) is 0 Å². The summed E-state index contributed by atoms with van der Waals surface area (Å²) >= 11 is 5.80. The van der Waals surface area contributed by atoms with Gasteiger partial charge in [0.2, 0.25) is 0 Å². The molecule has 1 aromatic rings. The molecular formula is C20H33ClN4O. The minimum absolute atomic E-state index is 0.528. The van der Waals surface area contributed by atoms with Crippen LogP contribution in [0.3, 0.4) is 0 Å². The Morgan fingerprint density at radius 3 is 2.69 bits per heavy atom. The van der Waals surface area contributed by atoms with Gasteiger partial charge in [0.1, 0.15) is 5.15 Å². The molecule has 26 heavy (non-hydrogen) atoms. The minimum atomic E-state index is 0.528. The average molecular weight is 381 g/mol. The largest absolute Gasteiger partial charge is 0.378 e.